The van der Waals surface area contributed by atoms with Crippen LogP contribution in [-0.2, 0) is 6.42 Å². The molecule has 0 nitrogen and oxygen atoms in total. The van der Waals surface area contributed by atoms with Crippen LogP contribution in [0.25, 0.3) is 5.57 Å². The highest BCUT2D eigenvalue weighted by Gasteiger charge is 2.14. The summed E-state index contributed by atoms with van der Waals surface area (Å²) in [5.41, 5.74) is 7.33. The van der Waals surface area contributed by atoms with E-state index in [0.29, 0.717) is 0 Å². The van der Waals surface area contributed by atoms with E-state index in [1.54, 1.807) is 0 Å². The van der Waals surface area contributed by atoms with Gasteiger partial charge in [-0.2, -0.15) is 0 Å². The molecule has 0 unspecified atom stereocenters. The Balaban J connectivity index is 0.000000461. The van der Waals surface area contributed by atoms with Crippen LogP contribution in [0.3, 0.4) is 0 Å². The summed E-state index contributed by atoms with van der Waals surface area (Å²) in [5, 5.41) is 0. The van der Waals surface area contributed by atoms with Crippen LogP contribution < -0.4 is 0 Å². The molecule has 1 aromatic carbocycles. The molecule has 0 fully saturated rings. The van der Waals surface area contributed by atoms with Gasteiger partial charge in [-0.3, -0.25) is 0 Å². The van der Waals surface area contributed by atoms with E-state index < -0.39 is 0 Å². The van der Waals surface area contributed by atoms with Gasteiger partial charge in [0.1, 0.15) is 0 Å². The summed E-state index contributed by atoms with van der Waals surface area (Å²) in [6.07, 6.45) is 1.15. The van der Waals surface area contributed by atoms with Crippen LogP contribution in [0.1, 0.15) is 44.4 Å². The maximum absolute atomic E-state index is 2.29. The molecule has 0 radical (unpaired) electrons. The Morgan fingerprint density at radius 1 is 1.00 bits per heavy atom. The Morgan fingerprint density at radius 3 is 2.29 bits per heavy atom. The summed E-state index contributed by atoms with van der Waals surface area (Å²) in [6.45, 7) is 10.6. The predicted octanol–water partition coefficient (Wildman–Crippen LogP) is 4.37. The van der Waals surface area contributed by atoms with E-state index in [9.17, 15) is 0 Å². The van der Waals surface area contributed by atoms with Gasteiger partial charge in [-0.15, -0.1) is 0 Å². The molecule has 0 bridgehead atoms. The maximum Gasteiger partial charge on any atom is -0.00579 e. The molecule has 0 amide bonds. The Morgan fingerprint density at radius 2 is 1.64 bits per heavy atom. The van der Waals surface area contributed by atoms with Crippen LogP contribution in [0.2, 0.25) is 0 Å². The first kappa shape index (κ1) is 11.0. The average Bonchev–Trinajstić information content (AvgIpc) is 2.48. The first-order valence-electron chi connectivity index (χ1n) is 5.45. The minimum Gasteiger partial charge on any atom is -0.0683 e. The predicted molar refractivity (Wildman–Crippen MR) is 64.5 cm³/mol. The molecular formula is C14H20. The van der Waals surface area contributed by atoms with E-state index in [1.807, 2.05) is 13.8 Å². The van der Waals surface area contributed by atoms with Gasteiger partial charge in [0, 0.05) is 0 Å². The van der Waals surface area contributed by atoms with Crippen molar-refractivity contribution in [3.05, 3.63) is 40.5 Å². The van der Waals surface area contributed by atoms with E-state index >= 15 is 0 Å². The second-order valence-corrected chi connectivity index (χ2v) is 3.74. The molecule has 1 aliphatic rings. The third-order valence-corrected chi connectivity index (χ3v) is 2.77. The molecule has 0 aliphatic heterocycles. The topological polar surface area (TPSA) is 0 Å². The van der Waals surface area contributed by atoms with E-state index in [-0.39, 0.29) is 0 Å². The molecule has 0 saturated heterocycles. The van der Waals surface area contributed by atoms with Gasteiger partial charge in [-0.05, 0) is 43.9 Å². The molecule has 1 aromatic rings. The normalized spacial score (nSPS) is 13.5. The Kier molecular flexibility index (Phi) is 3.51. The number of hydrogen-bond acceptors (Lipinski definition) is 0. The van der Waals surface area contributed by atoms with Crippen molar-refractivity contribution in [3.63, 3.8) is 0 Å². The van der Waals surface area contributed by atoms with Crippen molar-refractivity contribution >= 4 is 5.57 Å². The lowest BCUT2D eigenvalue weighted by Gasteiger charge is -2.01. The minimum absolute atomic E-state index is 1.15. The summed E-state index contributed by atoms with van der Waals surface area (Å²) >= 11 is 0. The van der Waals surface area contributed by atoms with E-state index in [1.165, 1.54) is 27.8 Å². The molecule has 1 aliphatic carbocycles. The van der Waals surface area contributed by atoms with E-state index in [4.69, 9.17) is 0 Å². The number of hydrogen-bond donors (Lipinski definition) is 0. The number of aryl methyl sites for hydroxylation is 1. The average molecular weight is 188 g/mol. The molecule has 0 aromatic heterocycles. The third-order valence-electron chi connectivity index (χ3n) is 2.77. The van der Waals surface area contributed by atoms with Crippen LogP contribution in [0, 0.1) is 6.92 Å². The lowest BCUT2D eigenvalue weighted by molar-refractivity contribution is 1.19. The molecular weight excluding hydrogens is 168 g/mol. The third kappa shape index (κ3) is 1.89. The van der Waals surface area contributed by atoms with E-state index in [0.717, 1.165) is 6.42 Å². The van der Waals surface area contributed by atoms with Gasteiger partial charge < -0.3 is 0 Å². The largest absolute Gasteiger partial charge is 0.0683 e. The monoisotopic (exact) mass is 188 g/mol. The van der Waals surface area contributed by atoms with Gasteiger partial charge in [0.25, 0.3) is 0 Å². The van der Waals surface area contributed by atoms with Gasteiger partial charge in [0.15, 0.2) is 0 Å². The Bertz CT molecular complexity index is 356. The zero-order valence-corrected chi connectivity index (χ0v) is 9.94. The van der Waals surface area contributed by atoms with Crippen molar-refractivity contribution in [2.75, 3.05) is 0 Å². The summed E-state index contributed by atoms with van der Waals surface area (Å²) in [7, 11) is 0. The zero-order valence-electron chi connectivity index (χ0n) is 9.94. The molecule has 0 heteroatoms. The molecule has 14 heavy (non-hydrogen) atoms. The number of allylic oxidation sites excluding steroid dienone is 2. The smallest absolute Gasteiger partial charge is 0.00579 e. The molecule has 0 atom stereocenters. The summed E-state index contributed by atoms with van der Waals surface area (Å²) in [4.78, 5) is 0. The highest BCUT2D eigenvalue weighted by molar-refractivity contribution is 5.74. The van der Waals surface area contributed by atoms with Gasteiger partial charge in [0.05, 0.1) is 0 Å². The lowest BCUT2D eigenvalue weighted by atomic mass is 10.0. The van der Waals surface area contributed by atoms with Crippen molar-refractivity contribution in [2.45, 2.75) is 41.0 Å². The molecule has 76 valence electrons. The molecule has 0 saturated carbocycles. The van der Waals surface area contributed by atoms with Gasteiger partial charge in [0.2, 0.25) is 0 Å². The quantitative estimate of drug-likeness (QED) is 0.567. The number of rotatable bonds is 0. The van der Waals surface area contributed by atoms with Crippen LogP contribution >= 0.6 is 0 Å². The molecule has 0 heterocycles. The van der Waals surface area contributed by atoms with Gasteiger partial charge in [-0.1, -0.05) is 43.2 Å². The van der Waals surface area contributed by atoms with Crippen molar-refractivity contribution in [1.29, 1.82) is 0 Å². The fourth-order valence-electron chi connectivity index (χ4n) is 1.84. The second-order valence-electron chi connectivity index (χ2n) is 3.74. The lowest BCUT2D eigenvalue weighted by Crippen LogP contribution is -1.83. The highest BCUT2D eigenvalue weighted by Crippen LogP contribution is 2.32. The van der Waals surface area contributed by atoms with Crippen molar-refractivity contribution < 1.29 is 0 Å². The van der Waals surface area contributed by atoms with Gasteiger partial charge in [-0.25, -0.2) is 0 Å². The molecule has 0 spiro atoms. The number of fused-ring (bicyclic) bond motifs is 1. The maximum atomic E-state index is 2.29. The second kappa shape index (κ2) is 4.45. The standard InChI is InChI=1S/C12H14.C2H6/c1-8-4-5-11-7-9(2)10(3)12(11)6-8;1-2/h4-6H,7H2,1-3H3;1-2H3. The summed E-state index contributed by atoms with van der Waals surface area (Å²) < 4.78 is 0. The van der Waals surface area contributed by atoms with Crippen molar-refractivity contribution in [3.8, 4) is 0 Å². The first-order chi connectivity index (χ1) is 6.68. The summed E-state index contributed by atoms with van der Waals surface area (Å²) in [5.74, 6) is 0. The van der Waals surface area contributed by atoms with Gasteiger partial charge >= 0.3 is 0 Å². The van der Waals surface area contributed by atoms with Crippen LogP contribution in [0.4, 0.5) is 0 Å². The fraction of sp³-hybridized carbons (Fsp3) is 0.429. The Hall–Kier alpha value is -1.04. The highest BCUT2D eigenvalue weighted by atomic mass is 14.2. The van der Waals surface area contributed by atoms with Crippen molar-refractivity contribution in [2.24, 2.45) is 0 Å². The van der Waals surface area contributed by atoms with Crippen LogP contribution in [-0.4, -0.2) is 0 Å². The first-order valence-corrected chi connectivity index (χ1v) is 5.45. The minimum atomic E-state index is 1.15. The summed E-state index contributed by atoms with van der Waals surface area (Å²) in [6, 6.07) is 6.75. The molecule has 2 rings (SSSR count). The van der Waals surface area contributed by atoms with Crippen molar-refractivity contribution in [1.82, 2.24) is 0 Å². The number of benzene rings is 1. The molecule has 0 N–H and O–H groups in total. The Labute approximate surface area is 87.7 Å². The zero-order chi connectivity index (χ0) is 10.7. The van der Waals surface area contributed by atoms with E-state index in [2.05, 4.69) is 39.0 Å². The fourth-order valence-corrected chi connectivity index (χ4v) is 1.84. The SMILES string of the molecule is CC.CC1=C(C)c2cc(C)ccc2C1. The van der Waals surface area contributed by atoms with Crippen LogP contribution in [0.15, 0.2) is 23.8 Å². The van der Waals surface area contributed by atoms with Crippen LogP contribution in [0.5, 0.6) is 0 Å².